The summed E-state index contributed by atoms with van der Waals surface area (Å²) in [7, 11) is 1.34. The maximum atomic E-state index is 12.4. The lowest BCUT2D eigenvalue weighted by Crippen LogP contribution is -2.21. The number of rotatable bonds is 8. The molecule has 0 unspecified atom stereocenters. The SMILES string of the molecule is CCOCCn1c(=NC(=O)COc2ccccc2)sc2cc(C(=O)OC)ccc21. The van der Waals surface area contributed by atoms with Gasteiger partial charge in [0.25, 0.3) is 5.91 Å². The summed E-state index contributed by atoms with van der Waals surface area (Å²) < 4.78 is 18.5. The van der Waals surface area contributed by atoms with Crippen molar-refractivity contribution in [3.8, 4) is 5.75 Å². The minimum atomic E-state index is -0.410. The Kier molecular flexibility index (Phi) is 7.15. The number of hydrogen-bond donors (Lipinski definition) is 0. The summed E-state index contributed by atoms with van der Waals surface area (Å²) in [4.78, 5) is 28.9. The lowest BCUT2D eigenvalue weighted by atomic mass is 10.2. The molecule has 1 heterocycles. The second-order valence-corrected chi connectivity index (χ2v) is 7.02. The molecule has 0 N–H and O–H groups in total. The molecule has 8 heteroatoms. The van der Waals surface area contributed by atoms with Crippen molar-refractivity contribution in [1.82, 2.24) is 4.57 Å². The number of hydrogen-bond acceptors (Lipinski definition) is 6. The molecule has 3 rings (SSSR count). The minimum absolute atomic E-state index is 0.156. The molecule has 0 aliphatic heterocycles. The van der Waals surface area contributed by atoms with Gasteiger partial charge in [-0.1, -0.05) is 29.5 Å². The van der Waals surface area contributed by atoms with Crippen LogP contribution in [0, 0.1) is 0 Å². The van der Waals surface area contributed by atoms with Crippen molar-refractivity contribution in [2.24, 2.45) is 4.99 Å². The predicted octanol–water partition coefficient (Wildman–Crippen LogP) is 3.03. The summed E-state index contributed by atoms with van der Waals surface area (Å²) in [6.45, 7) is 3.40. The molecule has 0 fully saturated rings. The smallest absolute Gasteiger partial charge is 0.337 e. The number of nitrogens with zero attached hydrogens (tertiary/aromatic N) is 2. The molecule has 0 aliphatic carbocycles. The molecule has 0 bridgehead atoms. The van der Waals surface area contributed by atoms with Crippen LogP contribution in [0.3, 0.4) is 0 Å². The Balaban J connectivity index is 1.90. The minimum Gasteiger partial charge on any atom is -0.484 e. The number of carbonyl (C=O) groups is 2. The lowest BCUT2D eigenvalue weighted by molar-refractivity contribution is -0.120. The van der Waals surface area contributed by atoms with E-state index in [9.17, 15) is 9.59 Å². The van der Waals surface area contributed by atoms with E-state index in [1.807, 2.05) is 35.8 Å². The van der Waals surface area contributed by atoms with Crippen molar-refractivity contribution in [2.75, 3.05) is 26.9 Å². The molecular weight excluding hydrogens is 392 g/mol. The van der Waals surface area contributed by atoms with Gasteiger partial charge in [-0.3, -0.25) is 4.79 Å². The number of methoxy groups -OCH3 is 1. The van der Waals surface area contributed by atoms with Crippen LogP contribution in [0.4, 0.5) is 0 Å². The molecule has 0 spiro atoms. The van der Waals surface area contributed by atoms with E-state index in [1.165, 1.54) is 18.4 Å². The Labute approximate surface area is 172 Å². The van der Waals surface area contributed by atoms with Crippen LogP contribution in [0.15, 0.2) is 53.5 Å². The van der Waals surface area contributed by atoms with E-state index in [2.05, 4.69) is 4.99 Å². The van der Waals surface area contributed by atoms with Gasteiger partial charge in [0.15, 0.2) is 11.4 Å². The van der Waals surface area contributed by atoms with Crippen LogP contribution in [0.25, 0.3) is 10.2 Å². The van der Waals surface area contributed by atoms with E-state index in [4.69, 9.17) is 14.2 Å². The third kappa shape index (κ3) is 5.30. The second-order valence-electron chi connectivity index (χ2n) is 6.01. The van der Waals surface area contributed by atoms with Gasteiger partial charge in [-0.15, -0.1) is 0 Å². The summed E-state index contributed by atoms with van der Waals surface area (Å²) in [6, 6.07) is 14.4. The van der Waals surface area contributed by atoms with E-state index >= 15 is 0 Å². The van der Waals surface area contributed by atoms with Crippen molar-refractivity contribution < 1.29 is 23.8 Å². The number of benzene rings is 2. The quantitative estimate of drug-likeness (QED) is 0.418. The first-order valence-corrected chi connectivity index (χ1v) is 9.99. The Morgan fingerprint density at radius 1 is 1.14 bits per heavy atom. The van der Waals surface area contributed by atoms with E-state index in [1.54, 1.807) is 24.3 Å². The molecule has 0 saturated carbocycles. The van der Waals surface area contributed by atoms with Crippen LogP contribution in [0.1, 0.15) is 17.3 Å². The fourth-order valence-corrected chi connectivity index (χ4v) is 3.83. The fourth-order valence-electron chi connectivity index (χ4n) is 2.72. The highest BCUT2D eigenvalue weighted by Gasteiger charge is 2.12. The average molecular weight is 414 g/mol. The van der Waals surface area contributed by atoms with Gasteiger partial charge >= 0.3 is 5.97 Å². The van der Waals surface area contributed by atoms with Gasteiger partial charge in [-0.25, -0.2) is 4.79 Å². The van der Waals surface area contributed by atoms with Crippen molar-refractivity contribution >= 4 is 33.4 Å². The zero-order valence-corrected chi connectivity index (χ0v) is 17.1. The number of amides is 1. The molecule has 29 heavy (non-hydrogen) atoms. The third-order valence-corrected chi connectivity index (χ3v) is 5.13. The van der Waals surface area contributed by atoms with E-state index in [-0.39, 0.29) is 6.61 Å². The number of carbonyl (C=O) groups excluding carboxylic acids is 2. The Hall–Kier alpha value is -2.97. The van der Waals surface area contributed by atoms with Crippen LogP contribution >= 0.6 is 11.3 Å². The van der Waals surface area contributed by atoms with Gasteiger partial charge in [0.05, 0.1) is 29.5 Å². The van der Waals surface area contributed by atoms with Gasteiger partial charge in [0, 0.05) is 13.2 Å². The zero-order chi connectivity index (χ0) is 20.6. The molecule has 152 valence electrons. The lowest BCUT2D eigenvalue weighted by Gasteiger charge is -2.06. The molecule has 7 nitrogen and oxygen atoms in total. The van der Waals surface area contributed by atoms with Crippen LogP contribution in [-0.4, -0.2) is 43.4 Å². The number of thiazole rings is 1. The number of aromatic nitrogens is 1. The summed E-state index contributed by atoms with van der Waals surface area (Å²) >= 11 is 1.33. The zero-order valence-electron chi connectivity index (χ0n) is 16.3. The van der Waals surface area contributed by atoms with Crippen LogP contribution < -0.4 is 9.54 Å². The number of ether oxygens (including phenoxy) is 3. The molecule has 0 radical (unpaired) electrons. The Morgan fingerprint density at radius 2 is 1.93 bits per heavy atom. The van der Waals surface area contributed by atoms with E-state index in [0.717, 1.165) is 10.2 Å². The van der Waals surface area contributed by atoms with Crippen molar-refractivity contribution in [1.29, 1.82) is 0 Å². The average Bonchev–Trinajstić information content (AvgIpc) is 3.08. The molecule has 0 atom stereocenters. The van der Waals surface area contributed by atoms with Gasteiger partial charge in [0.2, 0.25) is 0 Å². The monoisotopic (exact) mass is 414 g/mol. The molecule has 1 aromatic heterocycles. The number of esters is 1. The van der Waals surface area contributed by atoms with Gasteiger partial charge in [-0.05, 0) is 37.3 Å². The molecular formula is C21H22N2O5S. The second kappa shape index (κ2) is 9.99. The highest BCUT2D eigenvalue weighted by molar-refractivity contribution is 7.16. The molecule has 0 saturated heterocycles. The molecule has 0 aliphatic rings. The first kappa shape index (κ1) is 20.8. The maximum absolute atomic E-state index is 12.4. The Bertz CT molecular complexity index is 1060. The van der Waals surface area contributed by atoms with Gasteiger partial charge in [0.1, 0.15) is 5.75 Å². The van der Waals surface area contributed by atoms with E-state index < -0.39 is 11.9 Å². The predicted molar refractivity (Wildman–Crippen MR) is 110 cm³/mol. The summed E-state index contributed by atoms with van der Waals surface area (Å²) in [5.41, 5.74) is 1.32. The van der Waals surface area contributed by atoms with Gasteiger partial charge in [-0.2, -0.15) is 4.99 Å². The number of fused-ring (bicyclic) bond motifs is 1. The van der Waals surface area contributed by atoms with Crippen molar-refractivity contribution in [2.45, 2.75) is 13.5 Å². The van der Waals surface area contributed by atoms with Crippen molar-refractivity contribution in [3.05, 3.63) is 58.9 Å². The highest BCUT2D eigenvalue weighted by atomic mass is 32.1. The van der Waals surface area contributed by atoms with Crippen LogP contribution in [0.2, 0.25) is 0 Å². The van der Waals surface area contributed by atoms with Crippen molar-refractivity contribution in [3.63, 3.8) is 0 Å². The standard InChI is InChI=1S/C21H22N2O5S/c1-3-27-12-11-23-17-10-9-15(20(25)26-2)13-18(17)29-21(23)22-19(24)14-28-16-7-5-4-6-8-16/h4-10,13H,3,11-12,14H2,1-2H3. The topological polar surface area (TPSA) is 79.1 Å². The third-order valence-electron chi connectivity index (χ3n) is 4.09. The molecule has 3 aromatic rings. The maximum Gasteiger partial charge on any atom is 0.337 e. The van der Waals surface area contributed by atoms with Gasteiger partial charge < -0.3 is 18.8 Å². The number of para-hydroxylation sites is 1. The van der Waals surface area contributed by atoms with Crippen LogP contribution in [-0.2, 0) is 20.8 Å². The molecule has 2 aromatic carbocycles. The largest absolute Gasteiger partial charge is 0.484 e. The summed E-state index contributed by atoms with van der Waals surface area (Å²) in [6.07, 6.45) is 0. The summed E-state index contributed by atoms with van der Waals surface area (Å²) in [5.74, 6) is -0.190. The Morgan fingerprint density at radius 3 is 2.66 bits per heavy atom. The fraction of sp³-hybridized carbons (Fsp3) is 0.286. The highest BCUT2D eigenvalue weighted by Crippen LogP contribution is 2.20. The molecule has 1 amide bonds. The van der Waals surface area contributed by atoms with E-state index in [0.29, 0.717) is 35.9 Å². The first-order chi connectivity index (χ1) is 14.1. The summed E-state index contributed by atoms with van der Waals surface area (Å²) in [5, 5.41) is 0. The van der Waals surface area contributed by atoms with Crippen LogP contribution in [0.5, 0.6) is 5.75 Å². The first-order valence-electron chi connectivity index (χ1n) is 9.17. The normalized spacial score (nSPS) is 11.6.